The second kappa shape index (κ2) is 5.45. The SMILES string of the molecule is CN1[C@@H]2CC[C@H]1CC(NC(=O)c1n[nH]c3ccccc3c1=O)C2. The van der Waals surface area contributed by atoms with Crippen LogP contribution in [0.3, 0.4) is 0 Å². The molecule has 2 bridgehead atoms. The zero-order chi connectivity index (χ0) is 16.0. The molecule has 0 radical (unpaired) electrons. The van der Waals surface area contributed by atoms with E-state index in [0.29, 0.717) is 23.0 Å². The van der Waals surface area contributed by atoms with Gasteiger partial charge in [0.2, 0.25) is 5.43 Å². The van der Waals surface area contributed by atoms with E-state index in [-0.39, 0.29) is 23.1 Å². The lowest BCUT2D eigenvalue weighted by atomic mass is 9.98. The molecule has 1 amide bonds. The molecule has 120 valence electrons. The zero-order valence-electron chi connectivity index (χ0n) is 13.1. The molecule has 6 nitrogen and oxygen atoms in total. The van der Waals surface area contributed by atoms with Gasteiger partial charge in [-0.25, -0.2) is 0 Å². The number of para-hydroxylation sites is 1. The minimum Gasteiger partial charge on any atom is -0.348 e. The fourth-order valence-electron chi connectivity index (χ4n) is 4.01. The Morgan fingerprint density at radius 1 is 1.26 bits per heavy atom. The van der Waals surface area contributed by atoms with E-state index in [1.54, 1.807) is 18.2 Å². The molecule has 2 aliphatic rings. The molecule has 4 rings (SSSR count). The van der Waals surface area contributed by atoms with Gasteiger partial charge in [-0.05, 0) is 44.9 Å². The molecule has 23 heavy (non-hydrogen) atoms. The van der Waals surface area contributed by atoms with Gasteiger partial charge in [0.25, 0.3) is 5.91 Å². The van der Waals surface area contributed by atoms with E-state index < -0.39 is 0 Å². The minimum absolute atomic E-state index is 0.0463. The summed E-state index contributed by atoms with van der Waals surface area (Å²) in [5.74, 6) is -0.369. The molecule has 3 atom stereocenters. The highest BCUT2D eigenvalue weighted by molar-refractivity contribution is 5.95. The van der Waals surface area contributed by atoms with Crippen LogP contribution in [0, 0.1) is 0 Å². The molecule has 1 unspecified atom stereocenters. The molecule has 6 heteroatoms. The number of rotatable bonds is 2. The number of carbonyl (C=O) groups excluding carboxylic acids is 1. The monoisotopic (exact) mass is 312 g/mol. The van der Waals surface area contributed by atoms with Crippen LogP contribution in [0.5, 0.6) is 0 Å². The van der Waals surface area contributed by atoms with Gasteiger partial charge in [0.1, 0.15) is 0 Å². The molecule has 2 saturated heterocycles. The highest BCUT2D eigenvalue weighted by Crippen LogP contribution is 2.34. The summed E-state index contributed by atoms with van der Waals surface area (Å²) >= 11 is 0. The summed E-state index contributed by atoms with van der Waals surface area (Å²) in [6, 6.07) is 8.32. The fourth-order valence-corrected chi connectivity index (χ4v) is 4.01. The maximum Gasteiger partial charge on any atom is 0.276 e. The molecule has 3 heterocycles. The first kappa shape index (κ1) is 14.4. The van der Waals surface area contributed by atoms with Gasteiger partial charge in [0.15, 0.2) is 5.69 Å². The Morgan fingerprint density at radius 2 is 1.96 bits per heavy atom. The zero-order valence-corrected chi connectivity index (χ0v) is 13.1. The molecule has 0 aliphatic carbocycles. The molecule has 0 saturated carbocycles. The van der Waals surface area contributed by atoms with Crippen molar-refractivity contribution in [3.05, 3.63) is 40.2 Å². The standard InChI is InChI=1S/C17H20N4O2/c1-21-11-6-7-12(21)9-10(8-11)18-17(23)15-16(22)13-4-2-3-5-14(13)19-20-15/h2-5,10-12H,6-9H2,1H3,(H,18,23)(H,19,22)/t10?,11-,12+. The molecular weight excluding hydrogens is 292 g/mol. The van der Waals surface area contributed by atoms with Gasteiger partial charge < -0.3 is 10.2 Å². The molecule has 2 N–H and O–H groups in total. The largest absolute Gasteiger partial charge is 0.348 e. The van der Waals surface area contributed by atoms with Crippen LogP contribution in [-0.4, -0.2) is 46.2 Å². The summed E-state index contributed by atoms with van der Waals surface area (Å²) in [5, 5.41) is 10.3. The smallest absolute Gasteiger partial charge is 0.276 e. The van der Waals surface area contributed by atoms with Crippen LogP contribution < -0.4 is 10.7 Å². The maximum absolute atomic E-state index is 12.5. The summed E-state index contributed by atoms with van der Waals surface area (Å²) in [4.78, 5) is 27.4. The van der Waals surface area contributed by atoms with E-state index in [1.165, 1.54) is 12.8 Å². The van der Waals surface area contributed by atoms with Crippen molar-refractivity contribution in [1.82, 2.24) is 20.4 Å². The van der Waals surface area contributed by atoms with Gasteiger partial charge in [0, 0.05) is 23.5 Å². The van der Waals surface area contributed by atoms with Crippen molar-refractivity contribution < 1.29 is 4.79 Å². The molecule has 1 aromatic carbocycles. The van der Waals surface area contributed by atoms with E-state index in [0.717, 1.165) is 12.8 Å². The number of carbonyl (C=O) groups is 1. The third kappa shape index (κ3) is 2.43. The molecular formula is C17H20N4O2. The Bertz CT molecular complexity index is 802. The minimum atomic E-state index is -0.369. The Kier molecular flexibility index (Phi) is 3.41. The number of amides is 1. The lowest BCUT2D eigenvalue weighted by Gasteiger charge is -2.36. The Morgan fingerprint density at radius 3 is 2.70 bits per heavy atom. The maximum atomic E-state index is 12.5. The summed E-state index contributed by atoms with van der Waals surface area (Å²) in [6.45, 7) is 0. The first-order valence-corrected chi connectivity index (χ1v) is 8.13. The molecule has 2 aliphatic heterocycles. The van der Waals surface area contributed by atoms with Crippen molar-refractivity contribution in [1.29, 1.82) is 0 Å². The number of nitrogens with zero attached hydrogens (tertiary/aromatic N) is 2. The van der Waals surface area contributed by atoms with Crippen molar-refractivity contribution in [2.24, 2.45) is 0 Å². The fraction of sp³-hybridized carbons (Fsp3) is 0.471. The van der Waals surface area contributed by atoms with Crippen molar-refractivity contribution in [3.63, 3.8) is 0 Å². The lowest BCUT2D eigenvalue weighted by Crippen LogP contribution is -2.49. The van der Waals surface area contributed by atoms with Crippen LogP contribution in [0.25, 0.3) is 10.9 Å². The van der Waals surface area contributed by atoms with Crippen molar-refractivity contribution >= 4 is 16.8 Å². The van der Waals surface area contributed by atoms with E-state index in [9.17, 15) is 9.59 Å². The Labute approximate surface area is 133 Å². The number of H-pyrrole nitrogens is 1. The Hall–Kier alpha value is -2.21. The van der Waals surface area contributed by atoms with E-state index in [1.807, 2.05) is 6.07 Å². The Balaban J connectivity index is 1.56. The van der Waals surface area contributed by atoms with Gasteiger partial charge in [-0.1, -0.05) is 12.1 Å². The van der Waals surface area contributed by atoms with Gasteiger partial charge in [0.05, 0.1) is 5.52 Å². The highest BCUT2D eigenvalue weighted by atomic mass is 16.2. The van der Waals surface area contributed by atoms with Crippen LogP contribution >= 0.6 is 0 Å². The van der Waals surface area contributed by atoms with Gasteiger partial charge in [-0.15, -0.1) is 0 Å². The van der Waals surface area contributed by atoms with Crippen molar-refractivity contribution in [2.45, 2.75) is 43.8 Å². The van der Waals surface area contributed by atoms with Crippen LogP contribution in [0.1, 0.15) is 36.2 Å². The van der Waals surface area contributed by atoms with E-state index in [4.69, 9.17) is 0 Å². The number of aromatic nitrogens is 2. The summed E-state index contributed by atoms with van der Waals surface area (Å²) in [7, 11) is 2.16. The molecule has 0 spiro atoms. The third-order valence-corrected chi connectivity index (χ3v) is 5.32. The van der Waals surface area contributed by atoms with E-state index >= 15 is 0 Å². The molecule has 2 aromatic rings. The second-order valence-corrected chi connectivity index (χ2v) is 6.64. The van der Waals surface area contributed by atoms with E-state index in [2.05, 4.69) is 27.5 Å². The predicted octanol–water partition coefficient (Wildman–Crippen LogP) is 1.28. The first-order valence-electron chi connectivity index (χ1n) is 8.13. The number of hydrogen-bond donors (Lipinski definition) is 2. The van der Waals surface area contributed by atoms with Crippen LogP contribution in [0.2, 0.25) is 0 Å². The number of fused-ring (bicyclic) bond motifs is 3. The van der Waals surface area contributed by atoms with Gasteiger partial charge in [-0.3, -0.25) is 14.7 Å². The van der Waals surface area contributed by atoms with Crippen LogP contribution in [0.4, 0.5) is 0 Å². The summed E-state index contributed by atoms with van der Waals surface area (Å²) in [5.41, 5.74) is 0.286. The second-order valence-electron chi connectivity index (χ2n) is 6.64. The van der Waals surface area contributed by atoms with Crippen LogP contribution in [0.15, 0.2) is 29.1 Å². The normalized spacial score (nSPS) is 27.3. The number of piperidine rings is 1. The topological polar surface area (TPSA) is 78.1 Å². The highest BCUT2D eigenvalue weighted by Gasteiger charge is 2.39. The van der Waals surface area contributed by atoms with Crippen LogP contribution in [-0.2, 0) is 0 Å². The number of nitrogens with one attached hydrogen (secondary N) is 2. The summed E-state index contributed by atoms with van der Waals surface area (Å²) < 4.78 is 0. The number of hydrogen-bond acceptors (Lipinski definition) is 4. The first-order chi connectivity index (χ1) is 11.1. The number of benzene rings is 1. The van der Waals surface area contributed by atoms with Crippen molar-refractivity contribution in [3.8, 4) is 0 Å². The average molecular weight is 312 g/mol. The predicted molar refractivity (Wildman–Crippen MR) is 87.4 cm³/mol. The molecule has 2 fully saturated rings. The van der Waals surface area contributed by atoms with Crippen molar-refractivity contribution in [2.75, 3.05) is 7.05 Å². The quantitative estimate of drug-likeness (QED) is 0.875. The van der Waals surface area contributed by atoms with Gasteiger partial charge >= 0.3 is 0 Å². The summed E-state index contributed by atoms with van der Waals surface area (Å²) in [6.07, 6.45) is 4.29. The number of aromatic amines is 1. The third-order valence-electron chi connectivity index (χ3n) is 5.32. The van der Waals surface area contributed by atoms with Gasteiger partial charge in [-0.2, -0.15) is 5.10 Å². The average Bonchev–Trinajstić information content (AvgIpc) is 2.77. The lowest BCUT2D eigenvalue weighted by molar-refractivity contribution is 0.0875. The molecule has 1 aromatic heterocycles.